The first-order valence-corrected chi connectivity index (χ1v) is 6.41. The number of nitrogens with one attached hydrogen (secondary N) is 2. The van der Waals surface area contributed by atoms with Gasteiger partial charge >= 0.3 is 0 Å². The second kappa shape index (κ2) is 6.17. The van der Waals surface area contributed by atoms with E-state index in [4.69, 9.17) is 0 Å². The van der Waals surface area contributed by atoms with Crippen LogP contribution in [0.25, 0.3) is 0 Å². The quantitative estimate of drug-likeness (QED) is 0.909. The summed E-state index contributed by atoms with van der Waals surface area (Å²) in [7, 11) is 0. The van der Waals surface area contributed by atoms with E-state index in [-0.39, 0.29) is 11.8 Å². The van der Waals surface area contributed by atoms with E-state index in [9.17, 15) is 14.0 Å². The second-order valence-corrected chi connectivity index (χ2v) is 4.68. The highest BCUT2D eigenvalue weighted by Gasteiger charge is 2.09. The Hall–Kier alpha value is -2.69. The molecule has 0 radical (unpaired) electrons. The zero-order chi connectivity index (χ0) is 15.4. The summed E-state index contributed by atoms with van der Waals surface area (Å²) >= 11 is 0. The Labute approximate surface area is 122 Å². The molecule has 0 heterocycles. The van der Waals surface area contributed by atoms with Crippen molar-refractivity contribution < 1.29 is 14.0 Å². The third-order valence-electron chi connectivity index (χ3n) is 2.89. The molecule has 2 rings (SSSR count). The number of hydrogen-bond donors (Lipinski definition) is 2. The Morgan fingerprint density at radius 3 is 2.48 bits per heavy atom. The van der Waals surface area contributed by atoms with Gasteiger partial charge in [-0.15, -0.1) is 0 Å². The summed E-state index contributed by atoms with van der Waals surface area (Å²) in [5.41, 5.74) is 2.19. The highest BCUT2D eigenvalue weighted by atomic mass is 19.1. The first-order valence-electron chi connectivity index (χ1n) is 6.41. The number of rotatable bonds is 3. The fourth-order valence-corrected chi connectivity index (χ4v) is 1.86. The third-order valence-corrected chi connectivity index (χ3v) is 2.89. The van der Waals surface area contributed by atoms with Gasteiger partial charge in [-0.3, -0.25) is 9.59 Å². The summed E-state index contributed by atoms with van der Waals surface area (Å²) in [6.07, 6.45) is 0. The SMILES string of the molecule is CC(=O)Nc1cc(C(=O)Nc2cccc(F)c2)ccc1C. The number of amides is 2. The number of hydrogen-bond acceptors (Lipinski definition) is 2. The van der Waals surface area contributed by atoms with Gasteiger partial charge in [0.2, 0.25) is 5.91 Å². The van der Waals surface area contributed by atoms with E-state index in [1.807, 2.05) is 6.92 Å². The van der Waals surface area contributed by atoms with Crippen molar-refractivity contribution in [2.75, 3.05) is 10.6 Å². The van der Waals surface area contributed by atoms with Crippen LogP contribution in [0.1, 0.15) is 22.8 Å². The Balaban J connectivity index is 2.21. The van der Waals surface area contributed by atoms with E-state index in [2.05, 4.69) is 10.6 Å². The molecule has 2 N–H and O–H groups in total. The summed E-state index contributed by atoms with van der Waals surface area (Å²) in [5.74, 6) is -0.997. The highest BCUT2D eigenvalue weighted by Crippen LogP contribution is 2.18. The van der Waals surface area contributed by atoms with E-state index in [0.717, 1.165) is 5.56 Å². The molecule has 2 amide bonds. The van der Waals surface area contributed by atoms with Crippen molar-refractivity contribution in [2.45, 2.75) is 13.8 Å². The monoisotopic (exact) mass is 286 g/mol. The molecule has 0 aliphatic rings. The molecule has 0 aliphatic heterocycles. The van der Waals surface area contributed by atoms with Gasteiger partial charge in [0.25, 0.3) is 5.91 Å². The standard InChI is InChI=1S/C16H15FN2O2/c1-10-6-7-12(8-15(10)18-11(2)20)16(21)19-14-5-3-4-13(17)9-14/h3-9H,1-2H3,(H,18,20)(H,19,21). The van der Waals surface area contributed by atoms with E-state index in [1.165, 1.54) is 25.1 Å². The number of carbonyl (C=O) groups excluding carboxylic acids is 2. The molecule has 0 aromatic heterocycles. The van der Waals surface area contributed by atoms with Gasteiger partial charge in [0, 0.05) is 23.9 Å². The van der Waals surface area contributed by atoms with Crippen molar-refractivity contribution in [1.29, 1.82) is 0 Å². The van der Waals surface area contributed by atoms with Crippen LogP contribution in [-0.2, 0) is 4.79 Å². The minimum absolute atomic E-state index is 0.208. The van der Waals surface area contributed by atoms with Crippen LogP contribution < -0.4 is 10.6 Å². The maximum absolute atomic E-state index is 13.1. The maximum Gasteiger partial charge on any atom is 0.255 e. The lowest BCUT2D eigenvalue weighted by molar-refractivity contribution is -0.114. The number of anilines is 2. The van der Waals surface area contributed by atoms with Gasteiger partial charge in [0.15, 0.2) is 0 Å². The molecule has 5 heteroatoms. The van der Waals surface area contributed by atoms with Crippen molar-refractivity contribution in [3.63, 3.8) is 0 Å². The number of benzene rings is 2. The van der Waals surface area contributed by atoms with Crippen molar-refractivity contribution in [3.05, 3.63) is 59.4 Å². The molecule has 0 fully saturated rings. The van der Waals surface area contributed by atoms with Gasteiger partial charge in [-0.25, -0.2) is 4.39 Å². The van der Waals surface area contributed by atoms with Crippen LogP contribution in [0.2, 0.25) is 0 Å². The lowest BCUT2D eigenvalue weighted by atomic mass is 10.1. The van der Waals surface area contributed by atoms with Gasteiger partial charge in [-0.1, -0.05) is 12.1 Å². The highest BCUT2D eigenvalue weighted by molar-refractivity contribution is 6.05. The molecule has 0 aliphatic carbocycles. The molecule has 108 valence electrons. The minimum atomic E-state index is -0.421. The van der Waals surface area contributed by atoms with Gasteiger partial charge < -0.3 is 10.6 Å². The molecule has 0 bridgehead atoms. The predicted molar refractivity (Wildman–Crippen MR) is 79.8 cm³/mol. The molecule has 21 heavy (non-hydrogen) atoms. The fourth-order valence-electron chi connectivity index (χ4n) is 1.86. The van der Waals surface area contributed by atoms with Crippen LogP contribution in [-0.4, -0.2) is 11.8 Å². The van der Waals surface area contributed by atoms with E-state index in [1.54, 1.807) is 24.3 Å². The largest absolute Gasteiger partial charge is 0.326 e. The fraction of sp³-hybridized carbons (Fsp3) is 0.125. The third kappa shape index (κ3) is 3.89. The summed E-state index contributed by atoms with van der Waals surface area (Å²) < 4.78 is 13.1. The molecule has 0 saturated heterocycles. The molecule has 0 spiro atoms. The molecule has 4 nitrogen and oxygen atoms in total. The molecule has 2 aromatic carbocycles. The topological polar surface area (TPSA) is 58.2 Å². The van der Waals surface area contributed by atoms with Crippen LogP contribution in [0, 0.1) is 12.7 Å². The Morgan fingerprint density at radius 2 is 1.81 bits per heavy atom. The van der Waals surface area contributed by atoms with Crippen molar-refractivity contribution in [3.8, 4) is 0 Å². The van der Waals surface area contributed by atoms with Crippen LogP contribution in [0.15, 0.2) is 42.5 Å². The summed E-state index contributed by atoms with van der Waals surface area (Å²) in [6.45, 7) is 3.23. The van der Waals surface area contributed by atoms with Gasteiger partial charge in [0.05, 0.1) is 0 Å². The first kappa shape index (κ1) is 14.7. The molecular formula is C16H15FN2O2. The van der Waals surface area contributed by atoms with Crippen molar-refractivity contribution in [1.82, 2.24) is 0 Å². The number of aryl methyl sites for hydroxylation is 1. The van der Waals surface area contributed by atoms with Crippen LogP contribution in [0.5, 0.6) is 0 Å². The van der Waals surface area contributed by atoms with E-state index < -0.39 is 5.82 Å². The van der Waals surface area contributed by atoms with Crippen LogP contribution >= 0.6 is 0 Å². The van der Waals surface area contributed by atoms with Gasteiger partial charge in [-0.05, 0) is 42.8 Å². The summed E-state index contributed by atoms with van der Waals surface area (Å²) in [5, 5.41) is 5.27. The van der Waals surface area contributed by atoms with E-state index in [0.29, 0.717) is 16.9 Å². The normalized spacial score (nSPS) is 10.0. The van der Waals surface area contributed by atoms with Gasteiger partial charge in [-0.2, -0.15) is 0 Å². The van der Waals surface area contributed by atoms with Crippen molar-refractivity contribution in [2.24, 2.45) is 0 Å². The Kier molecular flexibility index (Phi) is 4.33. The molecule has 2 aromatic rings. The zero-order valence-electron chi connectivity index (χ0n) is 11.7. The average molecular weight is 286 g/mol. The Morgan fingerprint density at radius 1 is 1.05 bits per heavy atom. The predicted octanol–water partition coefficient (Wildman–Crippen LogP) is 3.34. The summed E-state index contributed by atoms with van der Waals surface area (Å²) in [4.78, 5) is 23.3. The maximum atomic E-state index is 13.1. The Bertz CT molecular complexity index is 698. The molecule has 0 atom stereocenters. The lowest BCUT2D eigenvalue weighted by Gasteiger charge is -2.10. The molecule has 0 saturated carbocycles. The number of carbonyl (C=O) groups is 2. The van der Waals surface area contributed by atoms with Crippen molar-refractivity contribution >= 4 is 23.2 Å². The summed E-state index contributed by atoms with van der Waals surface area (Å²) in [6, 6.07) is 10.6. The second-order valence-electron chi connectivity index (χ2n) is 4.68. The number of halogens is 1. The molecular weight excluding hydrogens is 271 g/mol. The minimum Gasteiger partial charge on any atom is -0.326 e. The average Bonchev–Trinajstić information content (AvgIpc) is 2.40. The van der Waals surface area contributed by atoms with Gasteiger partial charge in [0.1, 0.15) is 5.82 Å². The van der Waals surface area contributed by atoms with E-state index >= 15 is 0 Å². The van der Waals surface area contributed by atoms with Crippen LogP contribution in [0.4, 0.5) is 15.8 Å². The lowest BCUT2D eigenvalue weighted by Crippen LogP contribution is -2.14. The first-order chi connectivity index (χ1) is 9.95. The smallest absolute Gasteiger partial charge is 0.255 e. The molecule has 0 unspecified atom stereocenters. The zero-order valence-corrected chi connectivity index (χ0v) is 11.7. The van der Waals surface area contributed by atoms with Crippen LogP contribution in [0.3, 0.4) is 0 Å².